The first-order valence-corrected chi connectivity index (χ1v) is 9.46. The lowest BCUT2D eigenvalue weighted by molar-refractivity contribution is 0.0930. The second-order valence-corrected chi connectivity index (χ2v) is 7.36. The highest BCUT2D eigenvalue weighted by Crippen LogP contribution is 2.24. The SMILES string of the molecule is Cc1ccc(Cn2c(C)c(C)c(C)c2C(=O)N[C@H](C)c2ccccc2)cc1. The lowest BCUT2D eigenvalue weighted by Gasteiger charge is -2.17. The predicted molar refractivity (Wildman–Crippen MR) is 111 cm³/mol. The Balaban J connectivity index is 1.91. The maximum atomic E-state index is 13.1. The Kier molecular flexibility index (Phi) is 5.50. The van der Waals surface area contributed by atoms with Crippen LogP contribution in [0.1, 0.15) is 57.0 Å². The molecule has 3 nitrogen and oxygen atoms in total. The molecule has 0 bridgehead atoms. The minimum absolute atomic E-state index is 0.0211. The number of rotatable bonds is 5. The van der Waals surface area contributed by atoms with Crippen LogP contribution in [0, 0.1) is 27.7 Å². The zero-order valence-corrected chi connectivity index (χ0v) is 16.8. The standard InChI is InChI=1S/C24H28N2O/c1-16-11-13-21(14-12-16)15-26-20(5)17(2)18(3)23(26)24(27)25-19(4)22-9-7-6-8-10-22/h6-14,19H,15H2,1-5H3,(H,25,27)/t19-/m1/s1. The van der Waals surface area contributed by atoms with Gasteiger partial charge in [-0.1, -0.05) is 60.2 Å². The zero-order valence-electron chi connectivity index (χ0n) is 16.8. The number of hydrogen-bond acceptors (Lipinski definition) is 1. The molecule has 1 aromatic heterocycles. The summed E-state index contributed by atoms with van der Waals surface area (Å²) in [7, 11) is 0. The van der Waals surface area contributed by atoms with Crippen molar-refractivity contribution in [3.63, 3.8) is 0 Å². The summed E-state index contributed by atoms with van der Waals surface area (Å²) in [6.07, 6.45) is 0. The molecule has 0 aliphatic rings. The lowest BCUT2D eigenvalue weighted by Crippen LogP contribution is -2.29. The Bertz CT molecular complexity index is 937. The molecule has 3 heteroatoms. The lowest BCUT2D eigenvalue weighted by atomic mass is 10.1. The number of carbonyl (C=O) groups is 1. The number of aromatic nitrogens is 1. The summed E-state index contributed by atoms with van der Waals surface area (Å²) in [5, 5.41) is 3.17. The molecule has 0 saturated carbocycles. The summed E-state index contributed by atoms with van der Waals surface area (Å²) in [5.74, 6) is -0.0211. The molecule has 0 aliphatic carbocycles. The first-order chi connectivity index (χ1) is 12.9. The molecule has 1 N–H and O–H groups in total. The van der Waals surface area contributed by atoms with E-state index in [4.69, 9.17) is 0 Å². The molecule has 1 heterocycles. The molecule has 0 aliphatic heterocycles. The van der Waals surface area contributed by atoms with Crippen molar-refractivity contribution in [2.24, 2.45) is 0 Å². The maximum Gasteiger partial charge on any atom is 0.268 e. The van der Waals surface area contributed by atoms with E-state index in [9.17, 15) is 4.79 Å². The largest absolute Gasteiger partial charge is 0.344 e. The third kappa shape index (κ3) is 3.97. The van der Waals surface area contributed by atoms with Gasteiger partial charge < -0.3 is 9.88 Å². The Morgan fingerprint density at radius 3 is 2.19 bits per heavy atom. The van der Waals surface area contributed by atoms with E-state index in [1.807, 2.05) is 44.2 Å². The first kappa shape index (κ1) is 19.0. The maximum absolute atomic E-state index is 13.1. The third-order valence-electron chi connectivity index (χ3n) is 5.46. The fourth-order valence-corrected chi connectivity index (χ4v) is 3.48. The summed E-state index contributed by atoms with van der Waals surface area (Å²) >= 11 is 0. The molecule has 1 amide bonds. The average Bonchev–Trinajstić information content (AvgIpc) is 2.88. The van der Waals surface area contributed by atoms with E-state index in [1.165, 1.54) is 16.7 Å². The second-order valence-electron chi connectivity index (χ2n) is 7.36. The summed E-state index contributed by atoms with van der Waals surface area (Å²) in [6.45, 7) is 11.0. The van der Waals surface area contributed by atoms with Crippen LogP contribution in [0.5, 0.6) is 0 Å². The van der Waals surface area contributed by atoms with Crippen molar-refractivity contribution in [1.82, 2.24) is 9.88 Å². The van der Waals surface area contributed by atoms with Gasteiger partial charge in [-0.25, -0.2) is 0 Å². The Morgan fingerprint density at radius 1 is 0.926 bits per heavy atom. The molecule has 140 valence electrons. The van der Waals surface area contributed by atoms with Gasteiger partial charge in [0.05, 0.1) is 6.04 Å². The van der Waals surface area contributed by atoms with Gasteiger partial charge in [-0.3, -0.25) is 4.79 Å². The van der Waals surface area contributed by atoms with Crippen LogP contribution in [0.2, 0.25) is 0 Å². The first-order valence-electron chi connectivity index (χ1n) is 9.46. The van der Waals surface area contributed by atoms with Crippen molar-refractivity contribution in [3.05, 3.63) is 93.8 Å². The smallest absolute Gasteiger partial charge is 0.268 e. The number of amides is 1. The molecule has 27 heavy (non-hydrogen) atoms. The Morgan fingerprint density at radius 2 is 1.56 bits per heavy atom. The monoisotopic (exact) mass is 360 g/mol. The fraction of sp³-hybridized carbons (Fsp3) is 0.292. The topological polar surface area (TPSA) is 34.0 Å². The van der Waals surface area contributed by atoms with E-state index in [0.717, 1.165) is 22.5 Å². The quantitative estimate of drug-likeness (QED) is 0.661. The van der Waals surface area contributed by atoms with Crippen LogP contribution in [0.4, 0.5) is 0 Å². The molecule has 1 atom stereocenters. The number of benzene rings is 2. The highest BCUT2D eigenvalue weighted by atomic mass is 16.2. The number of aryl methyl sites for hydroxylation is 1. The van der Waals surface area contributed by atoms with Gasteiger partial charge in [-0.2, -0.15) is 0 Å². The molecule has 0 fully saturated rings. The molecule has 0 radical (unpaired) electrons. The summed E-state index contributed by atoms with van der Waals surface area (Å²) < 4.78 is 2.14. The molecule has 3 aromatic rings. The Hall–Kier alpha value is -2.81. The second kappa shape index (κ2) is 7.83. The van der Waals surface area contributed by atoms with Gasteiger partial charge in [-0.15, -0.1) is 0 Å². The molecule has 3 rings (SSSR count). The van der Waals surface area contributed by atoms with Crippen LogP contribution >= 0.6 is 0 Å². The van der Waals surface area contributed by atoms with Crippen LogP contribution in [0.15, 0.2) is 54.6 Å². The van der Waals surface area contributed by atoms with Crippen molar-refractivity contribution in [1.29, 1.82) is 0 Å². The zero-order chi connectivity index (χ0) is 19.6. The fourth-order valence-electron chi connectivity index (χ4n) is 3.48. The van der Waals surface area contributed by atoms with Crippen LogP contribution in [-0.4, -0.2) is 10.5 Å². The van der Waals surface area contributed by atoms with Crippen molar-refractivity contribution < 1.29 is 4.79 Å². The molecular weight excluding hydrogens is 332 g/mol. The predicted octanol–water partition coefficient (Wildman–Crippen LogP) is 5.26. The molecule has 0 spiro atoms. The normalized spacial score (nSPS) is 12.0. The summed E-state index contributed by atoms with van der Waals surface area (Å²) in [4.78, 5) is 13.1. The van der Waals surface area contributed by atoms with Gasteiger partial charge in [-0.05, 0) is 56.9 Å². The van der Waals surface area contributed by atoms with E-state index >= 15 is 0 Å². The van der Waals surface area contributed by atoms with Gasteiger partial charge in [0.15, 0.2) is 0 Å². The van der Waals surface area contributed by atoms with Crippen LogP contribution in [0.3, 0.4) is 0 Å². The van der Waals surface area contributed by atoms with Crippen LogP contribution in [-0.2, 0) is 6.54 Å². The highest BCUT2D eigenvalue weighted by molar-refractivity contribution is 5.95. The van der Waals surface area contributed by atoms with Crippen molar-refractivity contribution >= 4 is 5.91 Å². The molecular formula is C24H28N2O. The summed E-state index contributed by atoms with van der Waals surface area (Å²) in [6, 6.07) is 18.5. The van der Waals surface area contributed by atoms with Crippen LogP contribution in [0.25, 0.3) is 0 Å². The van der Waals surface area contributed by atoms with Crippen molar-refractivity contribution in [3.8, 4) is 0 Å². The minimum atomic E-state index is -0.0403. The summed E-state index contributed by atoms with van der Waals surface area (Å²) in [5.41, 5.74) is 7.68. The highest BCUT2D eigenvalue weighted by Gasteiger charge is 2.22. The van der Waals surface area contributed by atoms with Gasteiger partial charge >= 0.3 is 0 Å². The number of nitrogens with zero attached hydrogens (tertiary/aromatic N) is 1. The van der Waals surface area contributed by atoms with Gasteiger partial charge in [0.25, 0.3) is 5.91 Å². The van der Waals surface area contributed by atoms with Gasteiger partial charge in [0.1, 0.15) is 5.69 Å². The van der Waals surface area contributed by atoms with E-state index in [-0.39, 0.29) is 11.9 Å². The van der Waals surface area contributed by atoms with Crippen molar-refractivity contribution in [2.75, 3.05) is 0 Å². The Labute approximate surface area is 162 Å². The molecule has 0 saturated heterocycles. The van der Waals surface area contributed by atoms with E-state index < -0.39 is 0 Å². The third-order valence-corrected chi connectivity index (χ3v) is 5.46. The van der Waals surface area contributed by atoms with Gasteiger partial charge in [0.2, 0.25) is 0 Å². The number of hydrogen-bond donors (Lipinski definition) is 1. The number of carbonyl (C=O) groups excluding carboxylic acids is 1. The van der Waals surface area contributed by atoms with Gasteiger partial charge in [0, 0.05) is 12.2 Å². The molecule has 2 aromatic carbocycles. The van der Waals surface area contributed by atoms with E-state index in [0.29, 0.717) is 6.54 Å². The van der Waals surface area contributed by atoms with Crippen LogP contribution < -0.4 is 5.32 Å². The molecule has 0 unspecified atom stereocenters. The van der Waals surface area contributed by atoms with Crippen molar-refractivity contribution in [2.45, 2.75) is 47.2 Å². The number of nitrogens with one attached hydrogen (secondary N) is 1. The average molecular weight is 361 g/mol. The van der Waals surface area contributed by atoms with E-state index in [1.54, 1.807) is 0 Å². The van der Waals surface area contributed by atoms with E-state index in [2.05, 4.69) is 54.9 Å². The minimum Gasteiger partial charge on any atom is -0.344 e.